The summed E-state index contributed by atoms with van der Waals surface area (Å²) in [7, 11) is 0. The molecule has 8 heteroatoms. The number of fused-ring (bicyclic) bond motifs is 3. The van der Waals surface area contributed by atoms with Crippen LogP contribution in [0.2, 0.25) is 0 Å². The first-order chi connectivity index (χ1) is 16.0. The normalized spacial score (nSPS) is 19.1. The van der Waals surface area contributed by atoms with E-state index in [0.717, 1.165) is 0 Å². The van der Waals surface area contributed by atoms with Crippen LogP contribution in [0.3, 0.4) is 0 Å². The average Bonchev–Trinajstić information content (AvgIpc) is 3.36. The molecule has 2 aromatic rings. The topological polar surface area (TPSA) is 95.9 Å². The van der Waals surface area contributed by atoms with Crippen molar-refractivity contribution in [3.63, 3.8) is 0 Å². The Hall–Kier alpha value is -3.00. The molecule has 1 aliphatic carbocycles. The van der Waals surface area contributed by atoms with Crippen LogP contribution in [-0.2, 0) is 14.3 Å². The molecule has 0 aromatic heterocycles. The smallest absolute Gasteiger partial charge is 0.407 e. The summed E-state index contributed by atoms with van der Waals surface area (Å²) in [5.41, 5.74) is 4.71. The summed E-state index contributed by atoms with van der Waals surface area (Å²) in [6.45, 7) is 3.27. The van der Waals surface area contributed by atoms with E-state index in [4.69, 9.17) is 4.74 Å². The van der Waals surface area contributed by atoms with Crippen LogP contribution >= 0.6 is 11.8 Å². The van der Waals surface area contributed by atoms with E-state index in [-0.39, 0.29) is 36.6 Å². The molecule has 1 fully saturated rings. The predicted molar refractivity (Wildman–Crippen MR) is 127 cm³/mol. The van der Waals surface area contributed by atoms with Crippen LogP contribution in [0.25, 0.3) is 11.1 Å². The molecule has 0 spiro atoms. The Labute approximate surface area is 197 Å². The zero-order valence-corrected chi connectivity index (χ0v) is 19.3. The second-order valence-electron chi connectivity index (χ2n) is 8.53. The first-order valence-corrected chi connectivity index (χ1v) is 12.3. The van der Waals surface area contributed by atoms with Crippen LogP contribution in [0.5, 0.6) is 0 Å². The average molecular weight is 469 g/mol. The lowest BCUT2D eigenvalue weighted by molar-refractivity contribution is -0.142. The van der Waals surface area contributed by atoms with Crippen molar-refractivity contribution in [2.24, 2.45) is 11.8 Å². The molecule has 2 atom stereocenters. The van der Waals surface area contributed by atoms with Crippen molar-refractivity contribution in [1.82, 2.24) is 10.2 Å². The Balaban J connectivity index is 1.17. The minimum absolute atomic E-state index is 0.0210. The molecule has 0 radical (unpaired) electrons. The Kier molecular flexibility index (Phi) is 7.23. The van der Waals surface area contributed by atoms with Gasteiger partial charge in [0.2, 0.25) is 5.91 Å². The summed E-state index contributed by atoms with van der Waals surface area (Å²) in [6.07, 6.45) is -0.471. The third-order valence-electron chi connectivity index (χ3n) is 6.37. The highest BCUT2D eigenvalue weighted by atomic mass is 32.2. The van der Waals surface area contributed by atoms with Gasteiger partial charge in [-0.1, -0.05) is 55.5 Å². The molecule has 1 aliphatic heterocycles. The monoisotopic (exact) mass is 468 g/mol. The van der Waals surface area contributed by atoms with E-state index >= 15 is 0 Å². The second kappa shape index (κ2) is 10.3. The van der Waals surface area contributed by atoms with Gasteiger partial charge in [-0.05, 0) is 28.2 Å². The number of likely N-dealkylation sites (tertiary alicyclic amines) is 1. The molecule has 4 rings (SSSR count). The van der Waals surface area contributed by atoms with Crippen molar-refractivity contribution >= 4 is 29.7 Å². The minimum atomic E-state index is -0.849. The summed E-state index contributed by atoms with van der Waals surface area (Å²) < 4.78 is 5.50. The maximum atomic E-state index is 12.3. The number of ether oxygens (including phenoxy) is 1. The maximum Gasteiger partial charge on any atom is 0.407 e. The number of aliphatic carboxylic acids is 1. The van der Waals surface area contributed by atoms with Gasteiger partial charge in [-0.2, -0.15) is 11.8 Å². The van der Waals surface area contributed by atoms with E-state index in [1.54, 1.807) is 4.90 Å². The summed E-state index contributed by atoms with van der Waals surface area (Å²) in [4.78, 5) is 37.3. The first kappa shape index (κ1) is 23.2. The molecule has 0 saturated carbocycles. The van der Waals surface area contributed by atoms with Crippen molar-refractivity contribution in [3.8, 4) is 11.1 Å². The first-order valence-electron chi connectivity index (χ1n) is 11.1. The van der Waals surface area contributed by atoms with Crippen molar-refractivity contribution in [2.45, 2.75) is 12.8 Å². The summed E-state index contributed by atoms with van der Waals surface area (Å²) >= 11 is 1.42. The van der Waals surface area contributed by atoms with E-state index in [9.17, 15) is 19.5 Å². The Morgan fingerprint density at radius 3 is 2.30 bits per heavy atom. The highest BCUT2D eigenvalue weighted by molar-refractivity contribution is 7.99. The number of hydrogen-bond acceptors (Lipinski definition) is 5. The number of hydrogen-bond donors (Lipinski definition) is 2. The molecule has 1 saturated heterocycles. The zero-order chi connectivity index (χ0) is 23.4. The molecule has 174 valence electrons. The molecular weight excluding hydrogens is 440 g/mol. The van der Waals surface area contributed by atoms with Crippen LogP contribution < -0.4 is 5.32 Å². The molecule has 7 nitrogen and oxygen atoms in total. The molecule has 33 heavy (non-hydrogen) atoms. The largest absolute Gasteiger partial charge is 0.481 e. The van der Waals surface area contributed by atoms with Crippen LogP contribution in [0.4, 0.5) is 4.79 Å². The molecular formula is C25H28N2O5S. The number of carbonyl (C=O) groups excluding carboxylic acids is 2. The number of nitrogens with zero attached hydrogens (tertiary/aromatic N) is 1. The van der Waals surface area contributed by atoms with Gasteiger partial charge in [0.15, 0.2) is 0 Å². The highest BCUT2D eigenvalue weighted by Gasteiger charge is 2.36. The standard InChI is InChI=1S/C25H28N2O5S/c1-16-12-27(13-21(16)24(29)30)23(28)15-33-11-10-26-25(31)32-14-22-19-8-4-2-6-17(19)18-7-3-5-9-20(18)22/h2-9,16,21-22H,10-15H2,1H3,(H,26,31)(H,29,30). The van der Waals surface area contributed by atoms with E-state index in [2.05, 4.69) is 29.6 Å². The van der Waals surface area contributed by atoms with Crippen molar-refractivity contribution in [1.29, 1.82) is 0 Å². The summed E-state index contributed by atoms with van der Waals surface area (Å²) in [5, 5.41) is 11.9. The molecule has 2 aromatic carbocycles. The van der Waals surface area contributed by atoms with Gasteiger partial charge in [0, 0.05) is 31.3 Å². The van der Waals surface area contributed by atoms with Gasteiger partial charge in [0.05, 0.1) is 11.7 Å². The maximum absolute atomic E-state index is 12.3. The van der Waals surface area contributed by atoms with Crippen LogP contribution in [0, 0.1) is 11.8 Å². The van der Waals surface area contributed by atoms with Crippen LogP contribution in [-0.4, -0.2) is 65.7 Å². The fraction of sp³-hybridized carbons (Fsp3) is 0.400. The van der Waals surface area contributed by atoms with E-state index < -0.39 is 18.0 Å². The van der Waals surface area contributed by atoms with E-state index in [1.807, 2.05) is 31.2 Å². The number of rotatable bonds is 8. The van der Waals surface area contributed by atoms with Gasteiger partial charge >= 0.3 is 12.1 Å². The van der Waals surface area contributed by atoms with Crippen molar-refractivity contribution in [3.05, 3.63) is 59.7 Å². The lowest BCUT2D eigenvalue weighted by Gasteiger charge is -2.16. The molecule has 1 heterocycles. The third kappa shape index (κ3) is 5.16. The molecule has 2 amide bonds. The fourth-order valence-electron chi connectivity index (χ4n) is 4.62. The zero-order valence-electron chi connectivity index (χ0n) is 18.5. The van der Waals surface area contributed by atoms with Gasteiger partial charge in [0.1, 0.15) is 6.61 Å². The number of nitrogens with one attached hydrogen (secondary N) is 1. The van der Waals surface area contributed by atoms with Crippen molar-refractivity contribution < 1.29 is 24.2 Å². The lowest BCUT2D eigenvalue weighted by atomic mass is 9.98. The Morgan fingerprint density at radius 1 is 1.06 bits per heavy atom. The molecule has 2 unspecified atom stereocenters. The minimum Gasteiger partial charge on any atom is -0.481 e. The number of amides is 2. The highest BCUT2D eigenvalue weighted by Crippen LogP contribution is 2.44. The number of carboxylic acids is 1. The third-order valence-corrected chi connectivity index (χ3v) is 7.31. The Bertz CT molecular complexity index is 997. The lowest BCUT2D eigenvalue weighted by Crippen LogP contribution is -2.32. The quantitative estimate of drug-likeness (QED) is 0.577. The number of carbonyl (C=O) groups is 3. The van der Waals surface area contributed by atoms with E-state index in [1.165, 1.54) is 34.0 Å². The molecule has 2 N–H and O–H groups in total. The van der Waals surface area contributed by atoms with Gasteiger partial charge in [-0.3, -0.25) is 9.59 Å². The van der Waals surface area contributed by atoms with Gasteiger partial charge in [0.25, 0.3) is 0 Å². The van der Waals surface area contributed by atoms with E-state index in [0.29, 0.717) is 18.8 Å². The number of benzene rings is 2. The van der Waals surface area contributed by atoms with Gasteiger partial charge in [-0.15, -0.1) is 0 Å². The molecule has 0 bridgehead atoms. The number of carboxylic acid groups (broad SMARTS) is 1. The number of alkyl carbamates (subject to hydrolysis) is 1. The number of thioether (sulfide) groups is 1. The second-order valence-corrected chi connectivity index (χ2v) is 9.63. The van der Waals surface area contributed by atoms with Crippen LogP contribution in [0.1, 0.15) is 24.0 Å². The fourth-order valence-corrected chi connectivity index (χ4v) is 5.37. The SMILES string of the molecule is CC1CN(C(=O)CSCCNC(=O)OCC2c3ccccc3-c3ccccc32)CC1C(=O)O. The summed E-state index contributed by atoms with van der Waals surface area (Å²) in [5.74, 6) is -0.574. The summed E-state index contributed by atoms with van der Waals surface area (Å²) in [6, 6.07) is 16.4. The van der Waals surface area contributed by atoms with Gasteiger partial charge < -0.3 is 20.1 Å². The van der Waals surface area contributed by atoms with Crippen LogP contribution in [0.15, 0.2) is 48.5 Å². The Morgan fingerprint density at radius 2 is 1.70 bits per heavy atom. The van der Waals surface area contributed by atoms with Gasteiger partial charge in [-0.25, -0.2) is 4.79 Å². The predicted octanol–water partition coefficient (Wildman–Crippen LogP) is 3.44. The van der Waals surface area contributed by atoms with Crippen molar-refractivity contribution in [2.75, 3.05) is 37.7 Å². The molecule has 2 aliphatic rings.